The maximum Gasteiger partial charge on any atom is 0.328 e. The average molecular weight is 365 g/mol. The van der Waals surface area contributed by atoms with Gasteiger partial charge in [0, 0.05) is 6.20 Å². The van der Waals surface area contributed by atoms with Crippen LogP contribution in [0.2, 0.25) is 0 Å². The van der Waals surface area contributed by atoms with Gasteiger partial charge in [0.15, 0.2) is 21.3 Å². The van der Waals surface area contributed by atoms with Crippen LogP contribution in [0, 0.1) is 0 Å². The van der Waals surface area contributed by atoms with Crippen molar-refractivity contribution in [1.29, 1.82) is 0 Å². The normalized spacial score (nSPS) is 31.8. The smallest absolute Gasteiger partial charge is 0.328 e. The monoisotopic (exact) mass is 365 g/mol. The van der Waals surface area contributed by atoms with Crippen LogP contribution in [-0.2, 0) is 24.3 Å². The lowest BCUT2D eigenvalue weighted by atomic mass is 9.94. The van der Waals surface area contributed by atoms with E-state index in [1.807, 2.05) is 0 Å². The van der Waals surface area contributed by atoms with Crippen LogP contribution < -0.4 is 0 Å². The Bertz CT molecular complexity index is 895. The van der Waals surface area contributed by atoms with E-state index in [2.05, 4.69) is 15.0 Å². The summed E-state index contributed by atoms with van der Waals surface area (Å²) in [4.78, 5) is 33.5. The quantitative estimate of drug-likeness (QED) is 0.342. The van der Waals surface area contributed by atoms with Gasteiger partial charge in [0.2, 0.25) is 0 Å². The molecule has 0 spiro atoms. The van der Waals surface area contributed by atoms with Gasteiger partial charge < -0.3 is 14.8 Å². The number of carbonyl (C=O) groups excluding carboxylic acids is 1. The van der Waals surface area contributed by atoms with Crippen molar-refractivity contribution >= 4 is 34.0 Å². The predicted molar refractivity (Wildman–Crippen MR) is 87.1 cm³/mol. The second kappa shape index (κ2) is 5.66. The van der Waals surface area contributed by atoms with E-state index >= 15 is 0 Å². The number of fused-ring (bicyclic) bond motifs is 1. The third-order valence-electron chi connectivity index (χ3n) is 4.37. The van der Waals surface area contributed by atoms with Crippen molar-refractivity contribution in [2.45, 2.75) is 23.1 Å². The number of β-lactam (4-membered cyclic amide) rings is 1. The highest BCUT2D eigenvalue weighted by Gasteiger charge is 2.71. The molecule has 10 heteroatoms. The number of oxime groups is 1. The fourth-order valence-electron chi connectivity index (χ4n) is 3.11. The van der Waals surface area contributed by atoms with E-state index in [9.17, 15) is 23.1 Å². The topological polar surface area (TPSA) is 126 Å². The van der Waals surface area contributed by atoms with Crippen molar-refractivity contribution in [3.05, 3.63) is 35.7 Å². The maximum absolute atomic E-state index is 13.0. The molecule has 1 aromatic rings. The molecule has 3 atom stereocenters. The molecular weight excluding hydrogens is 350 g/mol. The second-order valence-electron chi connectivity index (χ2n) is 5.81. The molecular formula is C15H15N3O6S. The summed E-state index contributed by atoms with van der Waals surface area (Å²) < 4.78 is 24.0. The lowest BCUT2D eigenvalue weighted by Crippen LogP contribution is -2.59. The maximum atomic E-state index is 13.0. The Balaban J connectivity index is 2.13. The van der Waals surface area contributed by atoms with E-state index in [1.54, 1.807) is 18.2 Å². The molecule has 1 N–H and O–H groups in total. The summed E-state index contributed by atoms with van der Waals surface area (Å²) in [6, 6.07) is 3.40. The van der Waals surface area contributed by atoms with Gasteiger partial charge in [0.1, 0.15) is 11.9 Å². The number of aromatic nitrogens is 1. The zero-order chi connectivity index (χ0) is 18.4. The molecule has 0 radical (unpaired) electrons. The number of carboxylic acids is 1. The largest absolute Gasteiger partial charge is 0.480 e. The molecule has 1 amide bonds. The molecule has 132 valence electrons. The molecule has 3 rings (SSSR count). The molecule has 1 aromatic heterocycles. The molecule has 25 heavy (non-hydrogen) atoms. The number of pyridine rings is 1. The van der Waals surface area contributed by atoms with E-state index in [4.69, 9.17) is 0 Å². The summed E-state index contributed by atoms with van der Waals surface area (Å²) in [6.07, 6.45) is 3.79. The Morgan fingerprint density at radius 2 is 2.20 bits per heavy atom. The Morgan fingerprint density at radius 3 is 2.76 bits per heavy atom. The number of sulfone groups is 1. The first-order valence-corrected chi connectivity index (χ1v) is 8.79. The number of hydrogen-bond acceptors (Lipinski definition) is 7. The number of rotatable bonds is 4. The lowest BCUT2D eigenvalue weighted by Gasteiger charge is -2.37. The Morgan fingerprint density at radius 1 is 1.48 bits per heavy atom. The van der Waals surface area contributed by atoms with Gasteiger partial charge in [-0.1, -0.05) is 11.2 Å². The predicted octanol–water partition coefficient (Wildman–Crippen LogP) is -0.0942. The highest BCUT2D eigenvalue weighted by atomic mass is 32.2. The van der Waals surface area contributed by atoms with Crippen LogP contribution in [0.1, 0.15) is 12.6 Å². The molecule has 0 aromatic carbocycles. The van der Waals surface area contributed by atoms with E-state index in [0.29, 0.717) is 5.69 Å². The first-order chi connectivity index (χ1) is 11.8. The minimum atomic E-state index is -4.10. The second-order valence-corrected chi connectivity index (χ2v) is 8.22. The van der Waals surface area contributed by atoms with Crippen molar-refractivity contribution in [2.75, 3.05) is 7.11 Å². The molecule has 9 nitrogen and oxygen atoms in total. The van der Waals surface area contributed by atoms with E-state index in [-0.39, 0.29) is 5.57 Å². The fourth-order valence-corrected chi connectivity index (χ4v) is 5.32. The molecule has 0 aliphatic carbocycles. The summed E-state index contributed by atoms with van der Waals surface area (Å²) in [5, 5.41) is 11.6. The minimum absolute atomic E-state index is 0.0144. The van der Waals surface area contributed by atoms with Crippen molar-refractivity contribution < 1.29 is 28.0 Å². The molecule has 2 fully saturated rings. The summed E-state index contributed by atoms with van der Waals surface area (Å²) in [5.74, 6) is -2.08. The van der Waals surface area contributed by atoms with Gasteiger partial charge in [-0.05, 0) is 25.1 Å². The minimum Gasteiger partial charge on any atom is -0.480 e. The Labute approximate surface area is 143 Å². The van der Waals surface area contributed by atoms with Crippen LogP contribution in [0.15, 0.2) is 35.1 Å². The highest BCUT2D eigenvalue weighted by Crippen LogP contribution is 2.48. The van der Waals surface area contributed by atoms with Crippen molar-refractivity contribution in [3.63, 3.8) is 0 Å². The Kier molecular flexibility index (Phi) is 3.87. The SMILES string of the molecule is CO/N=C/[C@@]1(C)[C@H](C(=O)O)N2C(=O)/C(=C/c3ccccn3)[C@H]2S1(=O)=O. The van der Waals surface area contributed by atoms with Gasteiger partial charge >= 0.3 is 5.97 Å². The van der Waals surface area contributed by atoms with E-state index in [0.717, 1.165) is 11.1 Å². The van der Waals surface area contributed by atoms with Crippen LogP contribution in [-0.4, -0.2) is 64.8 Å². The molecule has 2 aliphatic heterocycles. The molecule has 0 bridgehead atoms. The fraction of sp³-hybridized carbons (Fsp3) is 0.333. The van der Waals surface area contributed by atoms with Gasteiger partial charge in [0.05, 0.1) is 17.5 Å². The van der Waals surface area contributed by atoms with Crippen LogP contribution in [0.5, 0.6) is 0 Å². The van der Waals surface area contributed by atoms with Gasteiger partial charge in [-0.15, -0.1) is 0 Å². The van der Waals surface area contributed by atoms with Gasteiger partial charge in [-0.3, -0.25) is 9.78 Å². The van der Waals surface area contributed by atoms with Crippen molar-refractivity contribution in [1.82, 2.24) is 9.88 Å². The number of amides is 1. The van der Waals surface area contributed by atoms with E-state index in [1.165, 1.54) is 26.3 Å². The summed E-state index contributed by atoms with van der Waals surface area (Å²) >= 11 is 0. The molecule has 0 saturated carbocycles. The van der Waals surface area contributed by atoms with Gasteiger partial charge in [0.25, 0.3) is 5.91 Å². The van der Waals surface area contributed by atoms with Crippen LogP contribution in [0.25, 0.3) is 6.08 Å². The van der Waals surface area contributed by atoms with Crippen molar-refractivity contribution in [3.8, 4) is 0 Å². The first kappa shape index (κ1) is 17.1. The molecule has 0 unspecified atom stereocenters. The van der Waals surface area contributed by atoms with Gasteiger partial charge in [-0.2, -0.15) is 0 Å². The summed E-state index contributed by atoms with van der Waals surface area (Å²) in [5.41, 5.74) is 0.395. The third-order valence-corrected chi connectivity index (χ3v) is 6.99. The Hall–Kier alpha value is -2.75. The molecule has 3 heterocycles. The summed E-state index contributed by atoms with van der Waals surface area (Å²) in [7, 11) is -2.89. The lowest BCUT2D eigenvalue weighted by molar-refractivity contribution is -0.152. The number of carboxylic acid groups (broad SMARTS) is 1. The van der Waals surface area contributed by atoms with Crippen LogP contribution >= 0.6 is 0 Å². The number of nitrogens with zero attached hydrogens (tertiary/aromatic N) is 3. The van der Waals surface area contributed by atoms with Gasteiger partial charge in [-0.25, -0.2) is 13.2 Å². The third kappa shape index (κ3) is 2.24. The summed E-state index contributed by atoms with van der Waals surface area (Å²) in [6.45, 7) is 1.22. The van der Waals surface area contributed by atoms with Crippen LogP contribution in [0.4, 0.5) is 0 Å². The number of carbonyl (C=O) groups is 2. The molecule has 2 saturated heterocycles. The zero-order valence-electron chi connectivity index (χ0n) is 13.4. The molecule has 2 aliphatic rings. The average Bonchev–Trinajstić information content (AvgIpc) is 2.74. The highest BCUT2D eigenvalue weighted by molar-refractivity contribution is 7.94. The first-order valence-electron chi connectivity index (χ1n) is 7.25. The van der Waals surface area contributed by atoms with Crippen molar-refractivity contribution in [2.24, 2.45) is 5.16 Å². The number of hydrogen-bond donors (Lipinski definition) is 1. The zero-order valence-corrected chi connectivity index (χ0v) is 14.2. The van der Waals surface area contributed by atoms with E-state index < -0.39 is 37.9 Å². The number of aliphatic carboxylic acids is 1. The standard InChI is InChI=1S/C15H15N3O6S/c1-15(8-17-24-2)11(14(20)21)18-12(19)10(13(18)25(15,22)23)7-9-5-3-4-6-16-9/h3-8,11,13H,1-2H3,(H,20,21)/b10-7-,17-8+/t11-,13+,15-/m0/s1. The van der Waals surface area contributed by atoms with Crippen LogP contribution in [0.3, 0.4) is 0 Å².